The number of aliphatic hydroxyl groups is 1. The van der Waals surface area contributed by atoms with E-state index in [1.54, 1.807) is 19.3 Å². The molecule has 3 aliphatic carbocycles. The number of ketones is 2. The first kappa shape index (κ1) is 45.3. The second-order valence-corrected chi connectivity index (χ2v) is 23.9. The Morgan fingerprint density at radius 3 is 2.22 bits per heavy atom. The van der Waals surface area contributed by atoms with E-state index in [0.717, 1.165) is 48.2 Å². The molecular weight excluding hydrogens is 823 g/mol. The van der Waals surface area contributed by atoms with Crippen molar-refractivity contribution >= 4 is 19.9 Å². The number of nitrogens with zero attached hydrogens (tertiary/aromatic N) is 3. The molecule has 1 saturated heterocycles. The summed E-state index contributed by atoms with van der Waals surface area (Å²) in [4.78, 5) is 36.3. The Kier molecular flexibility index (Phi) is 12.7. The maximum absolute atomic E-state index is 16.0. The molecule has 12 heteroatoms. The number of allylic oxidation sites excluding steroid dienone is 1. The van der Waals surface area contributed by atoms with Crippen LogP contribution in [0.15, 0.2) is 108 Å². The number of benzene rings is 3. The Morgan fingerprint density at radius 1 is 0.984 bits per heavy atom. The molecule has 3 aromatic carbocycles. The Labute approximate surface area is 378 Å². The summed E-state index contributed by atoms with van der Waals surface area (Å²) in [5, 5.41) is 17.4. The van der Waals surface area contributed by atoms with Crippen LogP contribution >= 0.6 is 0 Å². The van der Waals surface area contributed by atoms with Crippen molar-refractivity contribution < 1.29 is 37.9 Å². The number of methoxy groups -OCH3 is 1. The molecule has 8 rings (SSSR count). The molecule has 1 N–H and O–H groups in total. The highest BCUT2D eigenvalue weighted by Crippen LogP contribution is 2.61. The second kappa shape index (κ2) is 18.0. The lowest BCUT2D eigenvalue weighted by Crippen LogP contribution is -2.65. The van der Waals surface area contributed by atoms with Gasteiger partial charge in [0.1, 0.15) is 36.0 Å². The van der Waals surface area contributed by atoms with Gasteiger partial charge in [0.05, 0.1) is 18.7 Å². The predicted octanol–water partition coefficient (Wildman–Crippen LogP) is 10.6. The molecular formula is C52H63N3O8Si. The number of carbonyl (C=O) groups is 2. The van der Waals surface area contributed by atoms with Gasteiger partial charge in [0.25, 0.3) is 5.88 Å². The molecule has 0 radical (unpaired) electrons. The van der Waals surface area contributed by atoms with Gasteiger partial charge in [0, 0.05) is 41.7 Å². The lowest BCUT2D eigenvalue weighted by molar-refractivity contribution is -0.0525. The molecule has 4 aliphatic rings. The van der Waals surface area contributed by atoms with Gasteiger partial charge < -0.3 is 28.3 Å². The van der Waals surface area contributed by atoms with Crippen LogP contribution in [0.5, 0.6) is 17.4 Å². The van der Waals surface area contributed by atoms with Gasteiger partial charge in [-0.05, 0) is 85.2 Å². The number of Topliss-reactive ketones (excluding diaryl/α,β-unsaturated/α-hetero) is 2. The first-order valence-electron chi connectivity index (χ1n) is 22.7. The van der Waals surface area contributed by atoms with Crippen LogP contribution in [0.4, 0.5) is 0 Å². The van der Waals surface area contributed by atoms with Crippen LogP contribution in [0.25, 0.3) is 0 Å². The number of hydrogen-bond acceptors (Lipinski definition) is 11. The highest BCUT2D eigenvalue weighted by Gasteiger charge is 2.67. The number of ether oxygens (including phenoxy) is 3. The maximum atomic E-state index is 16.0. The molecule has 338 valence electrons. The lowest BCUT2D eigenvalue weighted by Gasteiger charge is -2.55. The van der Waals surface area contributed by atoms with E-state index in [4.69, 9.17) is 23.2 Å². The zero-order chi connectivity index (χ0) is 45.6. The van der Waals surface area contributed by atoms with E-state index in [9.17, 15) is 5.11 Å². The van der Waals surface area contributed by atoms with Gasteiger partial charge >= 0.3 is 0 Å². The quantitative estimate of drug-likeness (QED) is 0.0854. The van der Waals surface area contributed by atoms with Gasteiger partial charge in [-0.2, -0.15) is 0 Å². The third-order valence-corrected chi connectivity index (χ3v) is 18.8. The molecule has 11 nitrogen and oxygen atoms in total. The fourth-order valence-electron chi connectivity index (χ4n) is 10.4. The number of likely N-dealkylation sites (tertiary alicyclic amines) is 1. The fourth-order valence-corrected chi connectivity index (χ4v) is 11.8. The smallest absolute Gasteiger partial charge is 0.265 e. The first-order valence-corrected chi connectivity index (χ1v) is 25.6. The van der Waals surface area contributed by atoms with Gasteiger partial charge in [0.15, 0.2) is 25.5 Å². The lowest BCUT2D eigenvalue weighted by atomic mass is 9.58. The Morgan fingerprint density at radius 2 is 1.62 bits per heavy atom. The first-order chi connectivity index (χ1) is 30.7. The van der Waals surface area contributed by atoms with Crippen LogP contribution in [-0.2, 0) is 24.1 Å². The molecule has 1 aromatic heterocycles. The van der Waals surface area contributed by atoms with E-state index in [2.05, 4.69) is 68.9 Å². The minimum absolute atomic E-state index is 0.00445. The van der Waals surface area contributed by atoms with Crippen LogP contribution in [0, 0.1) is 11.8 Å². The van der Waals surface area contributed by atoms with E-state index < -0.39 is 48.4 Å². The summed E-state index contributed by atoms with van der Waals surface area (Å²) in [6.07, 6.45) is 6.26. The number of hydrogen-bond donors (Lipinski definition) is 1. The summed E-state index contributed by atoms with van der Waals surface area (Å²) in [6.45, 7) is 23.7. The normalized spacial score (nSPS) is 23.3. The van der Waals surface area contributed by atoms with Gasteiger partial charge in [0.2, 0.25) is 5.78 Å². The number of rotatable bonds is 16. The predicted molar refractivity (Wildman–Crippen MR) is 250 cm³/mol. The van der Waals surface area contributed by atoms with Crippen LogP contribution < -0.4 is 14.2 Å². The molecule has 2 heterocycles. The summed E-state index contributed by atoms with van der Waals surface area (Å²) in [5.41, 5.74) is 2.16. The van der Waals surface area contributed by atoms with E-state index in [1.165, 1.54) is 0 Å². The fraction of sp³-hybridized carbons (Fsp3) is 0.442. The van der Waals surface area contributed by atoms with Crippen LogP contribution in [0.2, 0.25) is 18.1 Å². The molecule has 1 unspecified atom stereocenters. The third-order valence-electron chi connectivity index (χ3n) is 14.4. The number of aliphatic hydroxyl groups excluding tert-OH is 1. The Balaban J connectivity index is 1.36. The molecule has 4 aromatic rings. The molecule has 0 spiro atoms. The Hall–Kier alpha value is -5.27. The van der Waals surface area contributed by atoms with E-state index in [-0.39, 0.29) is 42.0 Å². The third kappa shape index (κ3) is 7.75. The standard InChI is InChI=1S/C52H63N3O8Si/c1-10-25-55(26-11-2)44-38-29-35-28-37-42(40(60-31-33-20-15-13-16-21-33)30-36(46(37)59-7)39-24-19-27-54(39)12-3)45(56)41(35)48(57)52(38,63-64(8,9)51(4,5)6)49(58)43-47(44)62-53-50(43)61-32-34-22-17-14-18-23-34/h10-11,13-18,20-23,30,35,38-39,44,57H,1-2,12,19,24-29,31-32H2,3-9H3/t35-,38-,39-,44-,52?/m0/s1. The molecule has 1 fully saturated rings. The highest BCUT2D eigenvalue weighted by molar-refractivity contribution is 6.74. The van der Waals surface area contributed by atoms with Crippen molar-refractivity contribution in [1.82, 2.24) is 15.0 Å². The molecule has 0 saturated carbocycles. The number of fused-ring (bicyclic) bond motifs is 4. The maximum Gasteiger partial charge on any atom is 0.265 e. The van der Waals surface area contributed by atoms with Crippen molar-refractivity contribution in [2.24, 2.45) is 11.8 Å². The van der Waals surface area contributed by atoms with E-state index >= 15 is 9.59 Å². The second-order valence-electron chi connectivity index (χ2n) is 19.2. The average molecular weight is 886 g/mol. The van der Waals surface area contributed by atoms with Crippen molar-refractivity contribution in [2.75, 3.05) is 33.3 Å². The summed E-state index contributed by atoms with van der Waals surface area (Å²) >= 11 is 0. The minimum Gasteiger partial charge on any atom is -0.508 e. The van der Waals surface area contributed by atoms with Crippen molar-refractivity contribution in [3.8, 4) is 17.4 Å². The van der Waals surface area contributed by atoms with Gasteiger partial charge in [-0.3, -0.25) is 19.4 Å². The Bertz CT molecular complexity index is 2430. The largest absolute Gasteiger partial charge is 0.508 e. The molecule has 64 heavy (non-hydrogen) atoms. The van der Waals surface area contributed by atoms with Crippen molar-refractivity contribution in [3.05, 3.63) is 143 Å². The summed E-state index contributed by atoms with van der Waals surface area (Å²) in [6, 6.07) is 20.9. The monoisotopic (exact) mass is 885 g/mol. The van der Waals surface area contributed by atoms with Crippen LogP contribution in [-0.4, -0.2) is 78.8 Å². The van der Waals surface area contributed by atoms with E-state index in [0.29, 0.717) is 48.8 Å². The van der Waals surface area contributed by atoms with Crippen molar-refractivity contribution in [2.45, 2.75) is 102 Å². The van der Waals surface area contributed by atoms with Crippen LogP contribution in [0.3, 0.4) is 0 Å². The summed E-state index contributed by atoms with van der Waals surface area (Å²) in [7, 11) is -1.30. The van der Waals surface area contributed by atoms with Gasteiger partial charge in [-0.25, -0.2) is 0 Å². The topological polar surface area (TPSA) is 124 Å². The van der Waals surface area contributed by atoms with Crippen molar-refractivity contribution in [3.63, 3.8) is 0 Å². The SMILES string of the molecule is C=CCN(CC=C)[C@@H]1c2onc(OCc3ccccc3)c2C(=O)C2(O[Si](C)(C)C(C)(C)C)C(O)=C3C(=O)c4c(OCc5ccccc5)cc([C@@H]5CCCN5CC)c(OC)c4C[C@H]3C[C@@H]12. The highest BCUT2D eigenvalue weighted by atomic mass is 28.4. The molecule has 0 amide bonds. The van der Waals surface area contributed by atoms with Crippen molar-refractivity contribution in [1.29, 1.82) is 0 Å². The molecule has 1 aliphatic heterocycles. The number of aromatic nitrogens is 1. The zero-order valence-corrected chi connectivity index (χ0v) is 39.4. The van der Waals surface area contributed by atoms with Gasteiger partial charge in [-0.1, -0.05) is 101 Å². The minimum atomic E-state index is -2.97. The molecule has 5 atom stereocenters. The number of carbonyl (C=O) groups excluding carboxylic acids is 2. The van der Waals surface area contributed by atoms with Gasteiger partial charge in [-0.15, -0.1) is 13.2 Å². The van der Waals surface area contributed by atoms with E-state index in [1.807, 2.05) is 66.7 Å². The molecule has 0 bridgehead atoms. The zero-order valence-electron chi connectivity index (χ0n) is 38.4. The summed E-state index contributed by atoms with van der Waals surface area (Å²) in [5.74, 6) is -1.12. The summed E-state index contributed by atoms with van der Waals surface area (Å²) < 4.78 is 33.1. The van der Waals surface area contributed by atoms with Crippen LogP contribution in [0.1, 0.15) is 108 Å². The average Bonchev–Trinajstić information content (AvgIpc) is 3.93.